The van der Waals surface area contributed by atoms with Gasteiger partial charge >= 0.3 is 5.97 Å². The monoisotopic (exact) mass is 304 g/mol. The molecule has 1 saturated carbocycles. The second kappa shape index (κ2) is 6.55. The molecule has 0 spiro atoms. The van der Waals surface area contributed by atoms with Crippen LogP contribution < -0.4 is 0 Å². The average molecular weight is 304 g/mol. The molecule has 5 nitrogen and oxygen atoms in total. The van der Waals surface area contributed by atoms with Crippen LogP contribution in [-0.4, -0.2) is 41.5 Å². The lowest BCUT2D eigenvalue weighted by Gasteiger charge is -2.35. The number of esters is 1. The van der Waals surface area contributed by atoms with Crippen LogP contribution in [0.15, 0.2) is 18.3 Å². The number of carbonyl (C=O) groups is 2. The molecule has 1 aromatic heterocycles. The number of carbonyl (C=O) groups excluding carboxylic acids is 2. The number of amides is 1. The third-order valence-electron chi connectivity index (χ3n) is 5.07. The number of rotatable bonds is 4. The van der Waals surface area contributed by atoms with Gasteiger partial charge in [-0.3, -0.25) is 4.79 Å². The van der Waals surface area contributed by atoms with Crippen LogP contribution in [0.25, 0.3) is 0 Å². The zero-order chi connectivity index (χ0) is 15.5. The van der Waals surface area contributed by atoms with Crippen molar-refractivity contribution in [1.29, 1.82) is 0 Å². The summed E-state index contributed by atoms with van der Waals surface area (Å²) in [5.41, 5.74) is 0.599. The van der Waals surface area contributed by atoms with Crippen LogP contribution in [0.5, 0.6) is 0 Å². The predicted molar refractivity (Wildman–Crippen MR) is 82.6 cm³/mol. The van der Waals surface area contributed by atoms with Gasteiger partial charge in [-0.25, -0.2) is 4.79 Å². The molecule has 2 fully saturated rings. The summed E-state index contributed by atoms with van der Waals surface area (Å²) < 4.78 is 6.82. The van der Waals surface area contributed by atoms with Gasteiger partial charge in [0.2, 0.25) is 5.91 Å². The molecule has 1 aliphatic carbocycles. The van der Waals surface area contributed by atoms with Crippen LogP contribution in [0, 0.1) is 5.92 Å². The Labute approximate surface area is 131 Å². The molecule has 1 saturated heterocycles. The standard InChI is InChI=1S/C17H24N2O3/c1-22-17(21)15-6-3-9-19(15)14-7-10-18(11-8-14)16(20)12-13-4-2-5-13/h3,6,9,13-14H,2,4-5,7-8,10-12H2,1H3. The van der Waals surface area contributed by atoms with Gasteiger partial charge in [-0.15, -0.1) is 0 Å². The Bertz CT molecular complexity index is 540. The summed E-state index contributed by atoms with van der Waals surface area (Å²) in [6.45, 7) is 1.57. The van der Waals surface area contributed by atoms with Crippen LogP contribution >= 0.6 is 0 Å². The molecule has 22 heavy (non-hydrogen) atoms. The van der Waals surface area contributed by atoms with Crippen LogP contribution in [0.2, 0.25) is 0 Å². The topological polar surface area (TPSA) is 51.5 Å². The zero-order valence-corrected chi connectivity index (χ0v) is 13.2. The Balaban J connectivity index is 1.56. The van der Waals surface area contributed by atoms with Crippen molar-refractivity contribution in [3.63, 3.8) is 0 Å². The van der Waals surface area contributed by atoms with E-state index >= 15 is 0 Å². The van der Waals surface area contributed by atoms with Gasteiger partial charge in [0.1, 0.15) is 5.69 Å². The van der Waals surface area contributed by atoms with E-state index in [0.717, 1.165) is 32.4 Å². The van der Waals surface area contributed by atoms with Crippen molar-refractivity contribution >= 4 is 11.9 Å². The van der Waals surface area contributed by atoms with E-state index in [0.29, 0.717) is 17.5 Å². The van der Waals surface area contributed by atoms with Crippen molar-refractivity contribution in [2.75, 3.05) is 20.2 Å². The average Bonchev–Trinajstić information content (AvgIpc) is 2.99. The van der Waals surface area contributed by atoms with Crippen LogP contribution in [0.3, 0.4) is 0 Å². The maximum absolute atomic E-state index is 12.3. The Morgan fingerprint density at radius 3 is 2.55 bits per heavy atom. The Kier molecular flexibility index (Phi) is 4.50. The summed E-state index contributed by atoms with van der Waals surface area (Å²) in [7, 11) is 1.40. The smallest absolute Gasteiger partial charge is 0.354 e. The first-order chi connectivity index (χ1) is 10.7. The van der Waals surface area contributed by atoms with E-state index < -0.39 is 0 Å². The number of hydrogen-bond acceptors (Lipinski definition) is 3. The molecule has 1 aromatic rings. The minimum atomic E-state index is -0.298. The molecule has 0 aromatic carbocycles. The largest absolute Gasteiger partial charge is 0.464 e. The molecule has 0 atom stereocenters. The third-order valence-corrected chi connectivity index (χ3v) is 5.07. The highest BCUT2D eigenvalue weighted by Gasteiger charge is 2.28. The van der Waals surface area contributed by atoms with Crippen molar-refractivity contribution in [3.8, 4) is 0 Å². The summed E-state index contributed by atoms with van der Waals surface area (Å²) in [5, 5.41) is 0. The molecular formula is C17H24N2O3. The van der Waals surface area contributed by atoms with E-state index in [-0.39, 0.29) is 12.0 Å². The van der Waals surface area contributed by atoms with Gasteiger partial charge in [-0.2, -0.15) is 0 Å². The van der Waals surface area contributed by atoms with Gasteiger partial charge < -0.3 is 14.2 Å². The highest BCUT2D eigenvalue weighted by atomic mass is 16.5. The van der Waals surface area contributed by atoms with Gasteiger partial charge in [-0.1, -0.05) is 6.42 Å². The lowest BCUT2D eigenvalue weighted by Crippen LogP contribution is -2.40. The lowest BCUT2D eigenvalue weighted by atomic mass is 9.82. The Morgan fingerprint density at radius 1 is 1.23 bits per heavy atom. The highest BCUT2D eigenvalue weighted by molar-refractivity contribution is 5.87. The number of ether oxygens (including phenoxy) is 1. The fourth-order valence-corrected chi connectivity index (χ4v) is 3.46. The Hall–Kier alpha value is -1.78. The summed E-state index contributed by atoms with van der Waals surface area (Å²) >= 11 is 0. The van der Waals surface area contributed by atoms with E-state index in [2.05, 4.69) is 0 Å². The second-order valence-corrected chi connectivity index (χ2v) is 6.41. The molecule has 1 amide bonds. The normalized spacial score (nSPS) is 19.8. The number of aromatic nitrogens is 1. The number of nitrogens with zero attached hydrogens (tertiary/aromatic N) is 2. The van der Waals surface area contributed by atoms with E-state index in [1.807, 2.05) is 21.7 Å². The van der Waals surface area contributed by atoms with Crippen LogP contribution in [-0.2, 0) is 9.53 Å². The number of methoxy groups -OCH3 is 1. The molecule has 2 heterocycles. The van der Waals surface area contributed by atoms with Gasteiger partial charge in [0.15, 0.2) is 0 Å². The second-order valence-electron chi connectivity index (χ2n) is 6.41. The maximum Gasteiger partial charge on any atom is 0.354 e. The minimum absolute atomic E-state index is 0.275. The first-order valence-electron chi connectivity index (χ1n) is 8.22. The Morgan fingerprint density at radius 2 is 1.95 bits per heavy atom. The summed E-state index contributed by atoms with van der Waals surface area (Å²) in [5.74, 6) is 0.637. The fraction of sp³-hybridized carbons (Fsp3) is 0.647. The molecule has 0 N–H and O–H groups in total. The molecule has 0 radical (unpaired) electrons. The summed E-state index contributed by atoms with van der Waals surface area (Å²) in [6.07, 6.45) is 8.17. The first kappa shape index (κ1) is 15.1. The van der Waals surface area contributed by atoms with Crippen molar-refractivity contribution in [3.05, 3.63) is 24.0 Å². The SMILES string of the molecule is COC(=O)c1cccn1C1CCN(C(=O)CC2CCC2)CC1. The molecule has 5 heteroatoms. The number of hydrogen-bond donors (Lipinski definition) is 0. The van der Waals surface area contributed by atoms with Gasteiger partial charge in [-0.05, 0) is 43.7 Å². The molecule has 1 aliphatic heterocycles. The highest BCUT2D eigenvalue weighted by Crippen LogP contribution is 2.31. The zero-order valence-electron chi connectivity index (χ0n) is 13.2. The van der Waals surface area contributed by atoms with Gasteiger partial charge in [0, 0.05) is 31.7 Å². The molecule has 3 rings (SSSR count). The molecule has 0 unspecified atom stereocenters. The molecule has 120 valence electrons. The molecule has 2 aliphatic rings. The molecular weight excluding hydrogens is 280 g/mol. The van der Waals surface area contributed by atoms with E-state index in [1.54, 1.807) is 6.07 Å². The fourth-order valence-electron chi connectivity index (χ4n) is 3.46. The maximum atomic E-state index is 12.3. The van der Waals surface area contributed by atoms with Crippen molar-refractivity contribution in [2.24, 2.45) is 5.92 Å². The first-order valence-corrected chi connectivity index (χ1v) is 8.22. The predicted octanol–water partition coefficient (Wildman–Crippen LogP) is 2.63. The van der Waals surface area contributed by atoms with E-state index in [9.17, 15) is 9.59 Å². The van der Waals surface area contributed by atoms with Crippen molar-refractivity contribution in [2.45, 2.75) is 44.6 Å². The van der Waals surface area contributed by atoms with E-state index in [1.165, 1.54) is 26.4 Å². The number of piperidine rings is 1. The summed E-state index contributed by atoms with van der Waals surface area (Å²) in [4.78, 5) is 26.0. The quantitative estimate of drug-likeness (QED) is 0.804. The number of likely N-dealkylation sites (tertiary alicyclic amines) is 1. The van der Waals surface area contributed by atoms with Crippen LogP contribution in [0.1, 0.15) is 55.1 Å². The molecule has 0 bridgehead atoms. The van der Waals surface area contributed by atoms with Crippen molar-refractivity contribution in [1.82, 2.24) is 9.47 Å². The lowest BCUT2D eigenvalue weighted by molar-refractivity contribution is -0.134. The third kappa shape index (κ3) is 3.03. The minimum Gasteiger partial charge on any atom is -0.464 e. The van der Waals surface area contributed by atoms with Crippen molar-refractivity contribution < 1.29 is 14.3 Å². The van der Waals surface area contributed by atoms with Gasteiger partial charge in [0.05, 0.1) is 7.11 Å². The van der Waals surface area contributed by atoms with Crippen LogP contribution in [0.4, 0.5) is 0 Å². The van der Waals surface area contributed by atoms with E-state index in [4.69, 9.17) is 4.74 Å². The summed E-state index contributed by atoms with van der Waals surface area (Å²) in [6, 6.07) is 3.94. The van der Waals surface area contributed by atoms with Gasteiger partial charge in [0.25, 0.3) is 0 Å².